The molecule has 0 aliphatic carbocycles. The summed E-state index contributed by atoms with van der Waals surface area (Å²) in [4.78, 5) is 1.77. The summed E-state index contributed by atoms with van der Waals surface area (Å²) in [6.45, 7) is 1.93. The molecule has 0 aromatic heterocycles. The minimum Gasteiger partial charge on any atom is -0.354 e. The highest BCUT2D eigenvalue weighted by atomic mass is 32.1. The van der Waals surface area contributed by atoms with Gasteiger partial charge in [0.15, 0.2) is 5.11 Å². The summed E-state index contributed by atoms with van der Waals surface area (Å²) in [6, 6.07) is 0. The minimum atomic E-state index is 0.567. The van der Waals surface area contributed by atoms with Gasteiger partial charge in [0.25, 0.3) is 0 Å². The number of hydrazone groups is 1. The summed E-state index contributed by atoms with van der Waals surface area (Å²) in [5, 5.41) is 12.3. The molecule has 1 aliphatic heterocycles. The zero-order valence-electron chi connectivity index (χ0n) is 8.48. The van der Waals surface area contributed by atoms with E-state index >= 15 is 0 Å². The molecule has 1 heterocycles. The van der Waals surface area contributed by atoms with Gasteiger partial charge >= 0.3 is 0 Å². The molecule has 0 radical (unpaired) electrons. The van der Waals surface area contributed by atoms with E-state index in [4.69, 9.17) is 12.2 Å². The number of rotatable bonds is 2. The molecule has 0 unspecified atom stereocenters. The molecule has 0 fully saturated rings. The molecule has 1 N–H and O–H groups in total. The molecule has 1 aliphatic rings. The Labute approximate surface area is 88.6 Å². The summed E-state index contributed by atoms with van der Waals surface area (Å²) in [5.41, 5.74) is 4.56. The van der Waals surface area contributed by atoms with Crippen molar-refractivity contribution in [2.75, 3.05) is 14.1 Å². The van der Waals surface area contributed by atoms with Gasteiger partial charge in [0, 0.05) is 26.2 Å². The Balaban J connectivity index is 2.33. The molecule has 0 spiro atoms. The summed E-state index contributed by atoms with van der Waals surface area (Å²) in [7, 11) is 3.70. The third-order valence-electron chi connectivity index (χ3n) is 1.57. The van der Waals surface area contributed by atoms with E-state index in [9.17, 15) is 0 Å². The largest absolute Gasteiger partial charge is 0.354 e. The molecular formula is C8H13N5S. The van der Waals surface area contributed by atoms with Crippen LogP contribution in [0.3, 0.4) is 0 Å². The van der Waals surface area contributed by atoms with Crippen LogP contribution in [0.15, 0.2) is 15.3 Å². The standard InChI is InChI=1S/C8H13N5S/c1-6-4-7(11-10-6)5-9-12-8(14)13(2)3/h5H,4H2,1-3H3,(H,12,14)/b9-5+. The molecule has 5 nitrogen and oxygen atoms in total. The summed E-state index contributed by atoms with van der Waals surface area (Å²) < 4.78 is 0. The average Bonchev–Trinajstić information content (AvgIpc) is 2.51. The lowest BCUT2D eigenvalue weighted by molar-refractivity contribution is 0.606. The zero-order valence-corrected chi connectivity index (χ0v) is 9.30. The fraction of sp³-hybridized carbons (Fsp3) is 0.500. The predicted molar refractivity (Wildman–Crippen MR) is 63.1 cm³/mol. The van der Waals surface area contributed by atoms with Crippen molar-refractivity contribution in [2.45, 2.75) is 13.3 Å². The molecule has 0 amide bonds. The first-order valence-electron chi connectivity index (χ1n) is 4.20. The van der Waals surface area contributed by atoms with E-state index < -0.39 is 0 Å². The van der Waals surface area contributed by atoms with Gasteiger partial charge in [-0.2, -0.15) is 15.3 Å². The third kappa shape index (κ3) is 3.21. The highest BCUT2D eigenvalue weighted by Crippen LogP contribution is 1.99. The molecule has 0 saturated heterocycles. The van der Waals surface area contributed by atoms with Gasteiger partial charge in [0.1, 0.15) is 0 Å². The second kappa shape index (κ2) is 4.80. The van der Waals surface area contributed by atoms with Crippen LogP contribution in [0.25, 0.3) is 0 Å². The SMILES string of the molecule is CC1=NN=C(/C=N/NC(=S)N(C)C)C1. The second-order valence-corrected chi connectivity index (χ2v) is 3.56. The third-order valence-corrected chi connectivity index (χ3v) is 2.02. The van der Waals surface area contributed by atoms with Crippen molar-refractivity contribution in [3.8, 4) is 0 Å². The molecule has 0 saturated carbocycles. The molecule has 0 bridgehead atoms. The van der Waals surface area contributed by atoms with Crippen molar-refractivity contribution in [3.05, 3.63) is 0 Å². The number of hydrogen-bond donors (Lipinski definition) is 1. The van der Waals surface area contributed by atoms with E-state index in [0.29, 0.717) is 5.11 Å². The summed E-state index contributed by atoms with van der Waals surface area (Å²) >= 11 is 4.97. The van der Waals surface area contributed by atoms with Crippen LogP contribution in [0.4, 0.5) is 0 Å². The zero-order chi connectivity index (χ0) is 10.6. The summed E-state index contributed by atoms with van der Waals surface area (Å²) in [6.07, 6.45) is 2.40. The van der Waals surface area contributed by atoms with Crippen molar-refractivity contribution < 1.29 is 0 Å². The van der Waals surface area contributed by atoms with E-state index in [-0.39, 0.29) is 0 Å². The van der Waals surface area contributed by atoms with Gasteiger partial charge in [-0.15, -0.1) is 0 Å². The van der Waals surface area contributed by atoms with Crippen LogP contribution in [0.2, 0.25) is 0 Å². The van der Waals surface area contributed by atoms with Crippen molar-refractivity contribution in [1.82, 2.24) is 10.3 Å². The number of nitrogens with one attached hydrogen (secondary N) is 1. The number of thiocarbonyl (C=S) groups is 1. The average molecular weight is 211 g/mol. The quantitative estimate of drug-likeness (QED) is 0.414. The maximum absolute atomic E-state index is 4.97. The Morgan fingerprint density at radius 1 is 1.57 bits per heavy atom. The molecule has 0 atom stereocenters. The van der Waals surface area contributed by atoms with Crippen LogP contribution in [0, 0.1) is 0 Å². The Bertz CT molecular complexity index is 316. The van der Waals surface area contributed by atoms with Crippen molar-refractivity contribution in [2.24, 2.45) is 15.3 Å². The smallest absolute Gasteiger partial charge is 0.189 e. The van der Waals surface area contributed by atoms with E-state index in [2.05, 4.69) is 20.7 Å². The van der Waals surface area contributed by atoms with Crippen LogP contribution >= 0.6 is 12.2 Å². The highest BCUT2D eigenvalue weighted by molar-refractivity contribution is 7.80. The lowest BCUT2D eigenvalue weighted by atomic mass is 10.2. The summed E-state index contributed by atoms with van der Waals surface area (Å²) in [5.74, 6) is 0. The minimum absolute atomic E-state index is 0.567. The van der Waals surface area contributed by atoms with Gasteiger partial charge in [-0.25, -0.2) is 0 Å². The number of hydrogen-bond acceptors (Lipinski definition) is 4. The van der Waals surface area contributed by atoms with Gasteiger partial charge in [0.05, 0.1) is 11.9 Å². The van der Waals surface area contributed by atoms with Gasteiger partial charge in [0.2, 0.25) is 0 Å². The van der Waals surface area contributed by atoms with E-state index in [1.165, 1.54) is 0 Å². The fourth-order valence-corrected chi connectivity index (χ4v) is 0.869. The van der Waals surface area contributed by atoms with Crippen LogP contribution in [0.5, 0.6) is 0 Å². The Hall–Kier alpha value is -1.30. The molecule has 14 heavy (non-hydrogen) atoms. The maximum Gasteiger partial charge on any atom is 0.189 e. The Morgan fingerprint density at radius 2 is 2.29 bits per heavy atom. The number of nitrogens with zero attached hydrogens (tertiary/aromatic N) is 4. The molecule has 0 aromatic rings. The molecule has 76 valence electrons. The topological polar surface area (TPSA) is 52.4 Å². The van der Waals surface area contributed by atoms with Crippen molar-refractivity contribution in [3.63, 3.8) is 0 Å². The first-order valence-corrected chi connectivity index (χ1v) is 4.61. The molecule has 6 heteroatoms. The van der Waals surface area contributed by atoms with Crippen molar-refractivity contribution in [1.29, 1.82) is 0 Å². The second-order valence-electron chi connectivity index (χ2n) is 3.17. The normalized spacial score (nSPS) is 15.4. The van der Waals surface area contributed by atoms with Gasteiger partial charge < -0.3 is 4.90 Å². The highest BCUT2D eigenvalue weighted by Gasteiger charge is 2.05. The van der Waals surface area contributed by atoms with Crippen molar-refractivity contribution >= 4 is 35.0 Å². The molecular weight excluding hydrogens is 198 g/mol. The van der Waals surface area contributed by atoms with Gasteiger partial charge in [-0.05, 0) is 19.1 Å². The van der Waals surface area contributed by atoms with Crippen LogP contribution in [0.1, 0.15) is 13.3 Å². The predicted octanol–water partition coefficient (Wildman–Crippen LogP) is 0.629. The fourth-order valence-electron chi connectivity index (χ4n) is 0.816. The Kier molecular flexibility index (Phi) is 3.70. The van der Waals surface area contributed by atoms with Crippen LogP contribution in [-0.4, -0.2) is 41.7 Å². The Morgan fingerprint density at radius 3 is 2.79 bits per heavy atom. The molecule has 0 aromatic carbocycles. The van der Waals surface area contributed by atoms with Gasteiger partial charge in [-0.3, -0.25) is 5.43 Å². The van der Waals surface area contributed by atoms with E-state index in [1.54, 1.807) is 11.1 Å². The van der Waals surface area contributed by atoms with E-state index in [0.717, 1.165) is 17.8 Å². The maximum atomic E-state index is 4.97. The lowest BCUT2D eigenvalue weighted by Crippen LogP contribution is -2.31. The monoisotopic (exact) mass is 211 g/mol. The lowest BCUT2D eigenvalue weighted by Gasteiger charge is -2.11. The van der Waals surface area contributed by atoms with E-state index in [1.807, 2.05) is 21.0 Å². The molecule has 1 rings (SSSR count). The van der Waals surface area contributed by atoms with Crippen LogP contribution in [-0.2, 0) is 0 Å². The first-order chi connectivity index (χ1) is 6.59. The van der Waals surface area contributed by atoms with Gasteiger partial charge in [-0.1, -0.05) is 0 Å². The van der Waals surface area contributed by atoms with Crippen LogP contribution < -0.4 is 5.43 Å². The first kappa shape index (κ1) is 10.8.